The molecule has 1 nitrogen and oxygen atoms in total. The van der Waals surface area contributed by atoms with Gasteiger partial charge >= 0.3 is 0 Å². The van der Waals surface area contributed by atoms with Crippen molar-refractivity contribution in [1.82, 2.24) is 0 Å². The fourth-order valence-corrected chi connectivity index (χ4v) is 1.29. The monoisotopic (exact) mass is 134 g/mol. The Morgan fingerprint density at radius 1 is 1.11 bits per heavy atom. The van der Waals surface area contributed by atoms with Gasteiger partial charge in [-0.2, -0.15) is 0 Å². The lowest BCUT2D eigenvalue weighted by atomic mass is 10.0. The van der Waals surface area contributed by atoms with Gasteiger partial charge in [-0.05, 0) is 12.8 Å². The first-order valence-corrected chi connectivity index (χ1v) is 3.12. The van der Waals surface area contributed by atoms with E-state index in [1.165, 1.54) is 0 Å². The fraction of sp³-hybridized carbons (Fsp3) is 1.00. The van der Waals surface area contributed by atoms with Crippen molar-refractivity contribution >= 4 is 0 Å². The molecule has 1 aliphatic heterocycles. The van der Waals surface area contributed by atoms with Crippen LogP contribution in [0.1, 0.15) is 12.8 Å². The predicted molar refractivity (Wildman–Crippen MR) is 27.4 cm³/mol. The van der Waals surface area contributed by atoms with Crippen molar-refractivity contribution in [2.45, 2.75) is 18.8 Å². The van der Waals surface area contributed by atoms with Crippen LogP contribution < -0.4 is 0 Å². The third-order valence-corrected chi connectivity index (χ3v) is 2.29. The van der Waals surface area contributed by atoms with Crippen LogP contribution in [0.3, 0.4) is 0 Å². The second-order valence-electron chi connectivity index (χ2n) is 2.98. The van der Waals surface area contributed by atoms with Gasteiger partial charge in [0.25, 0.3) is 5.92 Å². The van der Waals surface area contributed by atoms with Crippen LogP contribution in [0.25, 0.3) is 0 Å². The highest BCUT2D eigenvalue weighted by molar-refractivity contribution is 5.06. The summed E-state index contributed by atoms with van der Waals surface area (Å²) in [4.78, 5) is 0. The summed E-state index contributed by atoms with van der Waals surface area (Å²) in [5.74, 6) is -2.52. The molecule has 1 heterocycles. The Bertz CT molecular complexity index is 136. The Morgan fingerprint density at radius 2 is 1.78 bits per heavy atom. The van der Waals surface area contributed by atoms with Crippen LogP contribution >= 0.6 is 0 Å². The molecular formula is C6H8F2O. The third-order valence-electron chi connectivity index (χ3n) is 2.29. The molecular weight excluding hydrogens is 126 g/mol. The Balaban J connectivity index is 2.23. The zero-order chi connectivity index (χ0) is 6.54. The maximum absolute atomic E-state index is 12.7. The summed E-state index contributed by atoms with van der Waals surface area (Å²) in [5, 5.41) is 0. The second-order valence-corrected chi connectivity index (χ2v) is 2.98. The summed E-state index contributed by atoms with van der Waals surface area (Å²) in [7, 11) is 0. The molecule has 0 N–H and O–H groups in total. The Labute approximate surface area is 52.0 Å². The molecule has 3 heteroatoms. The van der Waals surface area contributed by atoms with Gasteiger partial charge in [0.15, 0.2) is 0 Å². The summed E-state index contributed by atoms with van der Waals surface area (Å²) in [6.45, 7) is -0.0764. The molecule has 0 aromatic rings. The SMILES string of the molecule is FC1(F)COCC12CC2. The highest BCUT2D eigenvalue weighted by Crippen LogP contribution is 2.59. The summed E-state index contributed by atoms with van der Waals surface area (Å²) >= 11 is 0. The molecule has 2 aliphatic rings. The van der Waals surface area contributed by atoms with Crippen molar-refractivity contribution in [3.8, 4) is 0 Å². The van der Waals surface area contributed by atoms with E-state index < -0.39 is 11.3 Å². The quantitative estimate of drug-likeness (QED) is 0.487. The van der Waals surface area contributed by atoms with Crippen LogP contribution in [0.4, 0.5) is 8.78 Å². The van der Waals surface area contributed by atoms with E-state index in [0.717, 1.165) is 0 Å². The van der Waals surface area contributed by atoms with Crippen molar-refractivity contribution in [2.24, 2.45) is 5.41 Å². The van der Waals surface area contributed by atoms with Crippen molar-refractivity contribution in [3.63, 3.8) is 0 Å². The molecule has 0 atom stereocenters. The van der Waals surface area contributed by atoms with E-state index in [9.17, 15) is 8.78 Å². The van der Waals surface area contributed by atoms with Gasteiger partial charge in [-0.15, -0.1) is 0 Å². The van der Waals surface area contributed by atoms with Gasteiger partial charge in [0, 0.05) is 0 Å². The van der Waals surface area contributed by atoms with Crippen molar-refractivity contribution in [1.29, 1.82) is 0 Å². The van der Waals surface area contributed by atoms with E-state index in [1.807, 2.05) is 0 Å². The largest absolute Gasteiger partial charge is 0.374 e. The lowest BCUT2D eigenvalue weighted by molar-refractivity contribution is -0.0460. The maximum Gasteiger partial charge on any atom is 0.278 e. The molecule has 0 aromatic carbocycles. The molecule has 2 fully saturated rings. The van der Waals surface area contributed by atoms with Crippen molar-refractivity contribution in [3.05, 3.63) is 0 Å². The smallest absolute Gasteiger partial charge is 0.278 e. The number of hydrogen-bond donors (Lipinski definition) is 0. The number of alkyl halides is 2. The standard InChI is InChI=1S/C6H8F2O/c7-6(8)4-9-3-5(6)1-2-5/h1-4H2. The maximum atomic E-state index is 12.7. The van der Waals surface area contributed by atoms with E-state index in [1.54, 1.807) is 0 Å². The average molecular weight is 134 g/mol. The molecule has 9 heavy (non-hydrogen) atoms. The van der Waals surface area contributed by atoms with Gasteiger partial charge < -0.3 is 4.74 Å². The average Bonchev–Trinajstić information content (AvgIpc) is 2.41. The first-order chi connectivity index (χ1) is 4.16. The van der Waals surface area contributed by atoms with E-state index in [0.29, 0.717) is 12.8 Å². The predicted octanol–water partition coefficient (Wildman–Crippen LogP) is 1.43. The summed E-state index contributed by atoms with van der Waals surface area (Å²) in [6.07, 6.45) is 1.31. The molecule has 1 saturated heterocycles. The van der Waals surface area contributed by atoms with E-state index in [4.69, 9.17) is 0 Å². The lowest BCUT2D eigenvalue weighted by Crippen LogP contribution is -2.27. The molecule has 0 aromatic heterocycles. The number of rotatable bonds is 0. The normalized spacial score (nSPS) is 35.3. The van der Waals surface area contributed by atoms with Gasteiger partial charge in [-0.25, -0.2) is 8.78 Å². The van der Waals surface area contributed by atoms with Gasteiger partial charge in [0.2, 0.25) is 0 Å². The highest BCUT2D eigenvalue weighted by atomic mass is 19.3. The zero-order valence-electron chi connectivity index (χ0n) is 4.99. The van der Waals surface area contributed by atoms with Crippen LogP contribution in [0.2, 0.25) is 0 Å². The van der Waals surface area contributed by atoms with Crippen LogP contribution in [-0.2, 0) is 4.74 Å². The second kappa shape index (κ2) is 1.29. The number of halogens is 2. The molecule has 0 amide bonds. The minimum absolute atomic E-state index is 0.278. The third kappa shape index (κ3) is 0.556. The lowest BCUT2D eigenvalue weighted by Gasteiger charge is -2.13. The number of hydrogen-bond acceptors (Lipinski definition) is 1. The van der Waals surface area contributed by atoms with Crippen LogP contribution in [0.15, 0.2) is 0 Å². The van der Waals surface area contributed by atoms with E-state index in [-0.39, 0.29) is 13.2 Å². The Kier molecular flexibility index (Phi) is 0.799. The fourth-order valence-electron chi connectivity index (χ4n) is 1.29. The molecule has 1 aliphatic carbocycles. The molecule has 1 saturated carbocycles. The van der Waals surface area contributed by atoms with Crippen LogP contribution in [0, 0.1) is 5.41 Å². The van der Waals surface area contributed by atoms with Gasteiger partial charge in [0.1, 0.15) is 6.61 Å². The van der Waals surface area contributed by atoms with Crippen molar-refractivity contribution in [2.75, 3.05) is 13.2 Å². The first kappa shape index (κ1) is 5.59. The Hall–Kier alpha value is -0.180. The minimum atomic E-state index is -2.52. The molecule has 0 bridgehead atoms. The summed E-state index contributed by atoms with van der Waals surface area (Å²) < 4.78 is 30.0. The number of ether oxygens (including phenoxy) is 1. The van der Waals surface area contributed by atoms with E-state index in [2.05, 4.69) is 4.74 Å². The first-order valence-electron chi connectivity index (χ1n) is 3.12. The van der Waals surface area contributed by atoms with Gasteiger partial charge in [-0.3, -0.25) is 0 Å². The summed E-state index contributed by atoms with van der Waals surface area (Å²) in [6, 6.07) is 0. The zero-order valence-corrected chi connectivity index (χ0v) is 4.99. The van der Waals surface area contributed by atoms with Crippen LogP contribution in [-0.4, -0.2) is 19.1 Å². The molecule has 2 rings (SSSR count). The molecule has 0 radical (unpaired) electrons. The van der Waals surface area contributed by atoms with Crippen LogP contribution in [0.5, 0.6) is 0 Å². The molecule has 1 spiro atoms. The molecule has 52 valence electrons. The van der Waals surface area contributed by atoms with E-state index >= 15 is 0 Å². The topological polar surface area (TPSA) is 9.23 Å². The van der Waals surface area contributed by atoms with Gasteiger partial charge in [0.05, 0.1) is 12.0 Å². The minimum Gasteiger partial charge on any atom is -0.374 e. The highest BCUT2D eigenvalue weighted by Gasteiger charge is 2.65. The Morgan fingerprint density at radius 3 is 2.00 bits per heavy atom. The van der Waals surface area contributed by atoms with Crippen molar-refractivity contribution < 1.29 is 13.5 Å². The van der Waals surface area contributed by atoms with Gasteiger partial charge in [-0.1, -0.05) is 0 Å². The molecule has 0 unspecified atom stereocenters. The summed E-state index contributed by atoms with van der Waals surface area (Å²) in [5.41, 5.74) is -0.715.